The molecule has 5 nitrogen and oxygen atoms in total. The number of anilines is 1. The molecule has 24 heavy (non-hydrogen) atoms. The van der Waals surface area contributed by atoms with Crippen molar-refractivity contribution >= 4 is 29.3 Å². The highest BCUT2D eigenvalue weighted by molar-refractivity contribution is 8.01. The van der Waals surface area contributed by atoms with Crippen molar-refractivity contribution in [3.63, 3.8) is 0 Å². The van der Waals surface area contributed by atoms with E-state index in [1.165, 1.54) is 11.8 Å². The second-order valence-electron chi connectivity index (χ2n) is 6.27. The maximum Gasteiger partial charge on any atom is 0.238 e. The monoisotopic (exact) mass is 348 g/mol. The Morgan fingerprint density at radius 1 is 1.42 bits per heavy atom. The van der Waals surface area contributed by atoms with Crippen LogP contribution in [-0.2, 0) is 14.3 Å². The third-order valence-corrected chi connectivity index (χ3v) is 5.63. The van der Waals surface area contributed by atoms with Crippen molar-refractivity contribution in [2.75, 3.05) is 25.0 Å². The minimum atomic E-state index is -0.357. The Balaban J connectivity index is 1.57. The molecule has 3 rings (SSSR count). The maximum atomic E-state index is 12.6. The van der Waals surface area contributed by atoms with E-state index >= 15 is 0 Å². The number of nitrogens with one attached hydrogen (secondary N) is 1. The van der Waals surface area contributed by atoms with Gasteiger partial charge in [-0.05, 0) is 31.4 Å². The van der Waals surface area contributed by atoms with E-state index in [2.05, 4.69) is 12.2 Å². The lowest BCUT2D eigenvalue weighted by atomic mass is 10.1. The first-order valence-electron chi connectivity index (χ1n) is 8.63. The highest BCUT2D eigenvalue weighted by atomic mass is 32.2. The molecular weight excluding hydrogens is 324 g/mol. The number of amides is 2. The van der Waals surface area contributed by atoms with Gasteiger partial charge in [0.2, 0.25) is 11.8 Å². The maximum absolute atomic E-state index is 12.6. The lowest BCUT2D eigenvalue weighted by Gasteiger charge is -2.34. The summed E-state index contributed by atoms with van der Waals surface area (Å²) < 4.78 is 5.79. The molecular formula is C18H24N2O3S. The van der Waals surface area contributed by atoms with Crippen molar-refractivity contribution in [2.24, 2.45) is 0 Å². The summed E-state index contributed by atoms with van der Waals surface area (Å²) in [5.41, 5.74) is 0.835. The Morgan fingerprint density at radius 2 is 2.25 bits per heavy atom. The molecule has 0 radical (unpaired) electrons. The first-order valence-corrected chi connectivity index (χ1v) is 9.51. The molecule has 0 aliphatic carbocycles. The van der Waals surface area contributed by atoms with E-state index in [9.17, 15) is 9.59 Å². The molecule has 6 heteroatoms. The summed E-state index contributed by atoms with van der Waals surface area (Å²) in [7, 11) is 0. The Labute approximate surface area is 147 Å². The van der Waals surface area contributed by atoms with Crippen LogP contribution in [0.4, 0.5) is 5.69 Å². The zero-order valence-electron chi connectivity index (χ0n) is 14.0. The molecule has 1 aromatic carbocycles. The number of ether oxygens (including phenoxy) is 1. The molecule has 1 N–H and O–H groups in total. The highest BCUT2D eigenvalue weighted by Gasteiger charge is 2.32. The molecule has 2 atom stereocenters. The number of para-hydroxylation sites is 1. The third kappa shape index (κ3) is 4.11. The van der Waals surface area contributed by atoms with Crippen molar-refractivity contribution in [1.82, 2.24) is 4.90 Å². The third-order valence-electron chi connectivity index (χ3n) is 4.36. The van der Waals surface area contributed by atoms with Gasteiger partial charge >= 0.3 is 0 Å². The van der Waals surface area contributed by atoms with Crippen LogP contribution in [0.1, 0.15) is 32.6 Å². The fourth-order valence-corrected chi connectivity index (χ4v) is 4.20. The highest BCUT2D eigenvalue weighted by Crippen LogP contribution is 2.36. The van der Waals surface area contributed by atoms with Gasteiger partial charge in [-0.3, -0.25) is 9.59 Å². The minimum Gasteiger partial charge on any atom is -0.376 e. The van der Waals surface area contributed by atoms with Gasteiger partial charge in [0, 0.05) is 31.0 Å². The lowest BCUT2D eigenvalue weighted by molar-refractivity contribution is -0.136. The Kier molecular flexibility index (Phi) is 5.79. The van der Waals surface area contributed by atoms with Gasteiger partial charge in [-0.15, -0.1) is 11.8 Å². The summed E-state index contributed by atoms with van der Waals surface area (Å²) in [6, 6.07) is 7.71. The summed E-state index contributed by atoms with van der Waals surface area (Å²) in [4.78, 5) is 27.8. The number of carbonyl (C=O) groups excluding carboxylic acids is 2. The van der Waals surface area contributed by atoms with Crippen LogP contribution in [0.3, 0.4) is 0 Å². The number of likely N-dealkylation sites (tertiary alicyclic amines) is 1. The molecule has 0 bridgehead atoms. The zero-order valence-corrected chi connectivity index (χ0v) is 14.8. The van der Waals surface area contributed by atoms with E-state index in [0.29, 0.717) is 6.54 Å². The van der Waals surface area contributed by atoms with Crippen LogP contribution in [0.5, 0.6) is 0 Å². The largest absolute Gasteiger partial charge is 0.376 e. The number of piperidine rings is 1. The molecule has 2 unspecified atom stereocenters. The van der Waals surface area contributed by atoms with E-state index in [0.717, 1.165) is 43.0 Å². The molecule has 2 heterocycles. The average molecular weight is 348 g/mol. The fourth-order valence-electron chi connectivity index (χ4n) is 3.10. The SMILES string of the molecule is CCCOC1CCCN(C(=O)CC2Sc3ccccc3NC2=O)C1. The Bertz CT molecular complexity index is 608. The number of nitrogens with zero attached hydrogens (tertiary/aromatic N) is 1. The molecule has 0 aromatic heterocycles. The van der Waals surface area contributed by atoms with E-state index < -0.39 is 0 Å². The molecule has 130 valence electrons. The fraction of sp³-hybridized carbons (Fsp3) is 0.556. The van der Waals surface area contributed by atoms with Crippen molar-refractivity contribution in [1.29, 1.82) is 0 Å². The predicted octanol–water partition coefficient (Wildman–Crippen LogP) is 2.91. The first kappa shape index (κ1) is 17.3. The molecule has 1 saturated heterocycles. The molecule has 0 spiro atoms. The van der Waals surface area contributed by atoms with E-state index in [4.69, 9.17) is 4.74 Å². The zero-order chi connectivity index (χ0) is 16.9. The van der Waals surface area contributed by atoms with Gasteiger partial charge < -0.3 is 15.0 Å². The average Bonchev–Trinajstić information content (AvgIpc) is 2.60. The molecule has 1 fully saturated rings. The molecule has 0 saturated carbocycles. The molecule has 2 aliphatic rings. The van der Waals surface area contributed by atoms with E-state index in [1.54, 1.807) is 0 Å². The van der Waals surface area contributed by atoms with Crippen molar-refractivity contribution in [2.45, 2.75) is 48.9 Å². The van der Waals surface area contributed by atoms with Crippen LogP contribution in [0.25, 0.3) is 0 Å². The number of hydrogen-bond donors (Lipinski definition) is 1. The van der Waals surface area contributed by atoms with E-state index in [1.807, 2.05) is 29.2 Å². The van der Waals surface area contributed by atoms with Crippen LogP contribution < -0.4 is 5.32 Å². The van der Waals surface area contributed by atoms with Gasteiger partial charge in [0.25, 0.3) is 0 Å². The normalized spacial score (nSPS) is 23.5. The van der Waals surface area contributed by atoms with Gasteiger partial charge in [-0.2, -0.15) is 0 Å². The Morgan fingerprint density at radius 3 is 3.08 bits per heavy atom. The van der Waals surface area contributed by atoms with Crippen LogP contribution in [-0.4, -0.2) is 47.8 Å². The molecule has 2 aliphatic heterocycles. The summed E-state index contributed by atoms with van der Waals surface area (Å²) in [5, 5.41) is 2.54. The number of rotatable bonds is 5. The number of thioether (sulfide) groups is 1. The second kappa shape index (κ2) is 8.03. The van der Waals surface area contributed by atoms with Gasteiger partial charge in [0.1, 0.15) is 0 Å². The predicted molar refractivity (Wildman–Crippen MR) is 95.2 cm³/mol. The van der Waals surface area contributed by atoms with Gasteiger partial charge in [-0.1, -0.05) is 19.1 Å². The second-order valence-corrected chi connectivity index (χ2v) is 7.52. The van der Waals surface area contributed by atoms with Gasteiger partial charge in [0.15, 0.2) is 0 Å². The quantitative estimate of drug-likeness (QED) is 0.889. The molecule has 1 aromatic rings. The van der Waals surface area contributed by atoms with Crippen LogP contribution in [0.2, 0.25) is 0 Å². The topological polar surface area (TPSA) is 58.6 Å². The van der Waals surface area contributed by atoms with E-state index in [-0.39, 0.29) is 29.6 Å². The summed E-state index contributed by atoms with van der Waals surface area (Å²) >= 11 is 1.48. The number of benzene rings is 1. The van der Waals surface area contributed by atoms with Crippen molar-refractivity contribution < 1.29 is 14.3 Å². The van der Waals surface area contributed by atoms with Crippen molar-refractivity contribution in [3.05, 3.63) is 24.3 Å². The summed E-state index contributed by atoms with van der Waals surface area (Å²) in [6.07, 6.45) is 3.34. The lowest BCUT2D eigenvalue weighted by Crippen LogP contribution is -2.45. The van der Waals surface area contributed by atoms with Crippen molar-refractivity contribution in [3.8, 4) is 0 Å². The molecule has 2 amide bonds. The van der Waals surface area contributed by atoms with Crippen LogP contribution in [0, 0.1) is 0 Å². The standard InChI is InChI=1S/C18H24N2O3S/c1-2-10-23-13-6-5-9-20(12-13)17(21)11-16-18(22)19-14-7-3-4-8-15(14)24-16/h3-4,7-8,13,16H,2,5-6,9-12H2,1H3,(H,19,22). The number of hydrogen-bond acceptors (Lipinski definition) is 4. The number of carbonyl (C=O) groups is 2. The minimum absolute atomic E-state index is 0.0480. The summed E-state index contributed by atoms with van der Waals surface area (Å²) in [5.74, 6) is -0.0327. The number of fused-ring (bicyclic) bond motifs is 1. The van der Waals surface area contributed by atoms with Gasteiger partial charge in [-0.25, -0.2) is 0 Å². The smallest absolute Gasteiger partial charge is 0.238 e. The van der Waals surface area contributed by atoms with Crippen LogP contribution >= 0.6 is 11.8 Å². The summed E-state index contributed by atoms with van der Waals surface area (Å²) in [6.45, 7) is 4.24. The Hall–Kier alpha value is -1.53. The van der Waals surface area contributed by atoms with Crippen LogP contribution in [0.15, 0.2) is 29.2 Å². The van der Waals surface area contributed by atoms with Gasteiger partial charge in [0.05, 0.1) is 17.0 Å². The first-order chi connectivity index (χ1) is 11.7.